The predicted octanol–water partition coefficient (Wildman–Crippen LogP) is 4.71. The molecule has 130 valence electrons. The molecule has 25 heavy (non-hydrogen) atoms. The van der Waals surface area contributed by atoms with Gasteiger partial charge in [-0.2, -0.15) is 0 Å². The van der Waals surface area contributed by atoms with E-state index in [0.717, 1.165) is 29.1 Å². The molecule has 1 amide bonds. The molecule has 0 saturated heterocycles. The van der Waals surface area contributed by atoms with Gasteiger partial charge in [-0.05, 0) is 42.2 Å². The highest BCUT2D eigenvalue weighted by Gasteiger charge is 2.27. The maximum Gasteiger partial charge on any atom is 0.246 e. The van der Waals surface area contributed by atoms with Gasteiger partial charge in [0.25, 0.3) is 0 Å². The van der Waals surface area contributed by atoms with Crippen molar-refractivity contribution in [2.24, 2.45) is 4.99 Å². The third kappa shape index (κ3) is 3.04. The molecule has 2 aliphatic rings. The van der Waals surface area contributed by atoms with E-state index in [9.17, 15) is 4.79 Å². The number of thiophene rings is 1. The molecule has 0 radical (unpaired) electrons. The highest BCUT2D eigenvalue weighted by atomic mass is 32.1. The fourth-order valence-electron chi connectivity index (χ4n) is 3.66. The Morgan fingerprint density at radius 3 is 2.52 bits per heavy atom. The lowest BCUT2D eigenvalue weighted by atomic mass is 9.85. The molecular formula is C21H24N2OS. The zero-order valence-corrected chi connectivity index (χ0v) is 15.9. The number of aliphatic imine (C=N–C) groups is 1. The van der Waals surface area contributed by atoms with Gasteiger partial charge >= 0.3 is 0 Å². The Morgan fingerprint density at radius 2 is 1.80 bits per heavy atom. The van der Waals surface area contributed by atoms with E-state index in [-0.39, 0.29) is 17.9 Å². The first-order valence-electron chi connectivity index (χ1n) is 9.03. The Balaban J connectivity index is 1.82. The Kier molecular flexibility index (Phi) is 4.03. The van der Waals surface area contributed by atoms with Gasteiger partial charge in [0.2, 0.25) is 5.91 Å². The molecule has 0 atom stereocenters. The van der Waals surface area contributed by atoms with Crippen molar-refractivity contribution < 1.29 is 4.79 Å². The van der Waals surface area contributed by atoms with Crippen LogP contribution in [0.1, 0.15) is 60.7 Å². The van der Waals surface area contributed by atoms with E-state index >= 15 is 0 Å². The summed E-state index contributed by atoms with van der Waals surface area (Å²) in [5.41, 5.74) is 6.12. The minimum absolute atomic E-state index is 0.0128. The number of nitrogens with one attached hydrogen (secondary N) is 1. The third-order valence-electron chi connectivity index (χ3n) is 5.07. The molecule has 1 aromatic heterocycles. The van der Waals surface area contributed by atoms with Crippen LogP contribution in [0.3, 0.4) is 0 Å². The zero-order chi connectivity index (χ0) is 17.6. The summed E-state index contributed by atoms with van der Waals surface area (Å²) in [6, 6.07) is 8.70. The molecule has 0 unspecified atom stereocenters. The second-order valence-electron chi connectivity index (χ2n) is 7.96. The molecule has 2 heterocycles. The maximum atomic E-state index is 12.1. The first kappa shape index (κ1) is 16.5. The van der Waals surface area contributed by atoms with Gasteiger partial charge < -0.3 is 5.32 Å². The fourth-order valence-corrected chi connectivity index (χ4v) is 4.97. The van der Waals surface area contributed by atoms with Gasteiger partial charge in [-0.25, -0.2) is 0 Å². The fraction of sp³-hybridized carbons (Fsp3) is 0.429. The van der Waals surface area contributed by atoms with Gasteiger partial charge in [0.05, 0.1) is 5.71 Å². The summed E-state index contributed by atoms with van der Waals surface area (Å²) in [5, 5.41) is 4.07. The lowest BCUT2D eigenvalue weighted by Crippen LogP contribution is -2.12. The van der Waals surface area contributed by atoms with Crippen molar-refractivity contribution in [2.75, 3.05) is 11.9 Å². The van der Waals surface area contributed by atoms with Crippen molar-refractivity contribution in [1.82, 2.24) is 0 Å². The summed E-state index contributed by atoms with van der Waals surface area (Å²) in [6.07, 6.45) is 4.68. The van der Waals surface area contributed by atoms with E-state index in [2.05, 4.69) is 50.4 Å². The van der Waals surface area contributed by atoms with Gasteiger partial charge in [-0.1, -0.05) is 45.0 Å². The molecule has 0 spiro atoms. The number of nitrogens with zero attached hydrogens (tertiary/aromatic N) is 1. The van der Waals surface area contributed by atoms with Crippen molar-refractivity contribution in [3.05, 3.63) is 51.4 Å². The summed E-state index contributed by atoms with van der Waals surface area (Å²) in [6.45, 7) is 6.87. The van der Waals surface area contributed by atoms with Crippen LogP contribution in [-0.4, -0.2) is 18.2 Å². The van der Waals surface area contributed by atoms with Crippen molar-refractivity contribution in [2.45, 2.75) is 51.9 Å². The summed E-state index contributed by atoms with van der Waals surface area (Å²) in [5.74, 6) is -0.0128. The van der Waals surface area contributed by atoms with Crippen LogP contribution in [0.4, 0.5) is 5.00 Å². The standard InChI is InChI=1S/C21H24N2OS/c1-21(2,3)14-10-8-13(9-11-14)19-18-15-6-4-5-7-16(15)25-20(18)23-17(24)12-22-19/h8-11H,4-7,12H2,1-3H3,(H,23,24). The molecule has 0 fully saturated rings. The van der Waals surface area contributed by atoms with Crippen LogP contribution in [0.15, 0.2) is 29.3 Å². The van der Waals surface area contributed by atoms with Gasteiger partial charge in [0.15, 0.2) is 0 Å². The number of carbonyl (C=O) groups excluding carboxylic acids is 1. The molecule has 1 aromatic carbocycles. The number of rotatable bonds is 1. The highest BCUT2D eigenvalue weighted by molar-refractivity contribution is 7.17. The molecule has 0 saturated carbocycles. The second kappa shape index (κ2) is 6.10. The maximum absolute atomic E-state index is 12.1. The first-order chi connectivity index (χ1) is 11.9. The van der Waals surface area contributed by atoms with Crippen LogP contribution in [-0.2, 0) is 23.1 Å². The molecule has 1 aliphatic heterocycles. The average Bonchev–Trinajstić information content (AvgIpc) is 2.84. The van der Waals surface area contributed by atoms with Gasteiger partial charge in [-0.15, -0.1) is 11.3 Å². The van der Waals surface area contributed by atoms with Crippen LogP contribution >= 0.6 is 11.3 Å². The van der Waals surface area contributed by atoms with Crippen molar-refractivity contribution in [3.63, 3.8) is 0 Å². The summed E-state index contributed by atoms with van der Waals surface area (Å²) in [7, 11) is 0. The number of benzene rings is 1. The zero-order valence-electron chi connectivity index (χ0n) is 15.1. The van der Waals surface area contributed by atoms with Crippen LogP contribution in [0, 0.1) is 0 Å². The van der Waals surface area contributed by atoms with Crippen molar-refractivity contribution >= 4 is 28.0 Å². The Labute approximate surface area is 153 Å². The number of carbonyl (C=O) groups is 1. The molecule has 3 nitrogen and oxygen atoms in total. The van der Waals surface area contributed by atoms with Crippen LogP contribution < -0.4 is 5.32 Å². The molecule has 0 bridgehead atoms. The number of hydrogen-bond acceptors (Lipinski definition) is 3. The quantitative estimate of drug-likeness (QED) is 0.793. The van der Waals surface area contributed by atoms with E-state index in [1.807, 2.05) is 0 Å². The van der Waals surface area contributed by atoms with Crippen LogP contribution in [0.2, 0.25) is 0 Å². The van der Waals surface area contributed by atoms with Crippen LogP contribution in [0.5, 0.6) is 0 Å². The van der Waals surface area contributed by atoms with Crippen molar-refractivity contribution in [3.8, 4) is 0 Å². The van der Waals surface area contributed by atoms with Crippen LogP contribution in [0.25, 0.3) is 0 Å². The largest absolute Gasteiger partial charge is 0.316 e. The normalized spacial score (nSPS) is 17.2. The van der Waals surface area contributed by atoms with E-state index in [1.54, 1.807) is 11.3 Å². The number of amides is 1. The Bertz CT molecular complexity index is 853. The number of fused-ring (bicyclic) bond motifs is 3. The molecule has 1 N–H and O–H groups in total. The van der Waals surface area contributed by atoms with Crippen molar-refractivity contribution in [1.29, 1.82) is 0 Å². The highest BCUT2D eigenvalue weighted by Crippen LogP contribution is 2.40. The summed E-state index contributed by atoms with van der Waals surface area (Å²) >= 11 is 1.75. The minimum Gasteiger partial charge on any atom is -0.316 e. The monoisotopic (exact) mass is 352 g/mol. The Morgan fingerprint density at radius 1 is 1.08 bits per heavy atom. The first-order valence-corrected chi connectivity index (χ1v) is 9.85. The van der Waals surface area contributed by atoms with Gasteiger partial charge in [0.1, 0.15) is 11.5 Å². The molecule has 4 heteroatoms. The lowest BCUT2D eigenvalue weighted by Gasteiger charge is -2.19. The number of hydrogen-bond donors (Lipinski definition) is 1. The molecule has 2 aromatic rings. The van der Waals surface area contributed by atoms with E-state index in [1.165, 1.54) is 34.4 Å². The molecular weight excluding hydrogens is 328 g/mol. The van der Waals surface area contributed by atoms with E-state index in [4.69, 9.17) is 4.99 Å². The Hall–Kier alpha value is -1.94. The second-order valence-corrected chi connectivity index (χ2v) is 9.06. The lowest BCUT2D eigenvalue weighted by molar-refractivity contribution is -0.114. The van der Waals surface area contributed by atoms with E-state index < -0.39 is 0 Å². The SMILES string of the molecule is CC(C)(C)c1ccc(C2=NCC(=O)Nc3sc4c(c32)CCCC4)cc1. The minimum atomic E-state index is -0.0128. The topological polar surface area (TPSA) is 41.5 Å². The van der Waals surface area contributed by atoms with E-state index in [0.29, 0.717) is 0 Å². The molecule has 1 aliphatic carbocycles. The summed E-state index contributed by atoms with van der Waals surface area (Å²) in [4.78, 5) is 18.2. The number of anilines is 1. The predicted molar refractivity (Wildman–Crippen MR) is 105 cm³/mol. The number of aryl methyl sites for hydroxylation is 1. The van der Waals surface area contributed by atoms with Gasteiger partial charge in [-0.3, -0.25) is 9.79 Å². The third-order valence-corrected chi connectivity index (χ3v) is 6.27. The smallest absolute Gasteiger partial charge is 0.246 e. The molecule has 4 rings (SSSR count). The summed E-state index contributed by atoms with van der Waals surface area (Å²) < 4.78 is 0. The van der Waals surface area contributed by atoms with Gasteiger partial charge in [0, 0.05) is 16.0 Å². The average molecular weight is 353 g/mol.